The van der Waals surface area contributed by atoms with Crippen molar-refractivity contribution in [2.24, 2.45) is 0 Å². The van der Waals surface area contributed by atoms with Crippen molar-refractivity contribution in [3.05, 3.63) is 76.7 Å². The summed E-state index contributed by atoms with van der Waals surface area (Å²) < 4.78 is 9.49. The molecule has 10 nitrogen and oxygen atoms in total. The quantitative estimate of drug-likeness (QED) is 0.215. The number of carboxylic acids is 1. The largest absolute Gasteiger partial charge is 0.481 e. The molecule has 41 heavy (non-hydrogen) atoms. The van der Waals surface area contributed by atoms with Gasteiger partial charge in [-0.25, -0.2) is 4.68 Å². The average Bonchev–Trinajstić information content (AvgIpc) is 3.49. The highest BCUT2D eigenvalue weighted by Gasteiger charge is 2.45. The lowest BCUT2D eigenvalue weighted by Gasteiger charge is -2.19. The molecule has 1 saturated heterocycles. The normalized spacial score (nSPS) is 17.2. The number of carboxylic acid groups (broad SMARTS) is 1. The summed E-state index contributed by atoms with van der Waals surface area (Å²) in [6.07, 6.45) is 5.03. The number of likely N-dealkylation sites (N-methyl/N-ethyl adjacent to an activating group) is 1. The van der Waals surface area contributed by atoms with Crippen molar-refractivity contribution < 1.29 is 19.4 Å². The van der Waals surface area contributed by atoms with E-state index in [0.29, 0.717) is 31.7 Å². The number of ether oxygens (including phenoxy) is 1. The first-order valence-electron chi connectivity index (χ1n) is 14.1. The van der Waals surface area contributed by atoms with E-state index in [2.05, 4.69) is 53.0 Å². The first-order chi connectivity index (χ1) is 19.6. The fourth-order valence-electron chi connectivity index (χ4n) is 5.22. The highest BCUT2D eigenvalue weighted by atomic mass is 16.6. The SMILES string of the molecule is CNC1(c2ccc3c(C)cn([C@@H](C)C(=O)Nc4cc(Cn5cc(C(C)C)nn5)ccc4CCCC(=O)O)c3c2)CO1. The van der Waals surface area contributed by atoms with Gasteiger partial charge in [0.2, 0.25) is 5.91 Å². The summed E-state index contributed by atoms with van der Waals surface area (Å²) in [5.74, 6) is -0.710. The van der Waals surface area contributed by atoms with Gasteiger partial charge in [0, 0.05) is 41.0 Å². The molecule has 5 rings (SSSR count). The predicted molar refractivity (Wildman–Crippen MR) is 157 cm³/mol. The Labute approximate surface area is 239 Å². The number of hydrogen-bond donors (Lipinski definition) is 3. The third-order valence-corrected chi connectivity index (χ3v) is 7.89. The van der Waals surface area contributed by atoms with Gasteiger partial charge in [0.15, 0.2) is 5.72 Å². The molecule has 1 aliphatic rings. The fourth-order valence-corrected chi connectivity index (χ4v) is 5.22. The molecule has 3 N–H and O–H groups in total. The molecule has 4 aromatic rings. The van der Waals surface area contributed by atoms with Crippen LogP contribution in [0.2, 0.25) is 0 Å². The molecule has 2 aromatic heterocycles. The Morgan fingerprint density at radius 1 is 1.15 bits per heavy atom. The van der Waals surface area contributed by atoms with E-state index < -0.39 is 17.7 Å². The van der Waals surface area contributed by atoms with Crippen LogP contribution in [0, 0.1) is 6.92 Å². The van der Waals surface area contributed by atoms with Crippen LogP contribution in [0.4, 0.5) is 5.69 Å². The fraction of sp³-hybridized carbons (Fsp3) is 0.419. The minimum absolute atomic E-state index is 0.0667. The van der Waals surface area contributed by atoms with Crippen molar-refractivity contribution in [3.63, 3.8) is 0 Å². The number of aliphatic carboxylic acids is 1. The van der Waals surface area contributed by atoms with E-state index in [9.17, 15) is 9.59 Å². The average molecular weight is 559 g/mol. The van der Waals surface area contributed by atoms with E-state index in [1.807, 2.05) is 56.1 Å². The number of benzene rings is 2. The molecular weight excluding hydrogens is 520 g/mol. The number of aryl methyl sites for hydroxylation is 2. The first kappa shape index (κ1) is 28.5. The van der Waals surface area contributed by atoms with E-state index in [1.165, 1.54) is 0 Å². The van der Waals surface area contributed by atoms with Gasteiger partial charge in [-0.3, -0.25) is 14.9 Å². The Kier molecular flexibility index (Phi) is 7.97. The van der Waals surface area contributed by atoms with Gasteiger partial charge in [-0.2, -0.15) is 0 Å². The number of epoxide rings is 1. The standard InChI is InChI=1S/C31H38N6O4/c1-19(2)27-17-36(35-34-27)16-22-9-10-23(7-6-8-29(38)39)26(13-22)33-30(40)21(4)37-15-20(3)25-12-11-24(14-28(25)37)31(32-5)18-41-31/h9-15,17,19,21,32H,6-8,16,18H2,1-5H3,(H,33,40)(H,38,39)/t21-,31?/m0/s1. The maximum Gasteiger partial charge on any atom is 0.303 e. The zero-order valence-electron chi connectivity index (χ0n) is 24.3. The highest BCUT2D eigenvalue weighted by Crippen LogP contribution is 2.38. The maximum atomic E-state index is 13.7. The number of carbonyl (C=O) groups is 2. The van der Waals surface area contributed by atoms with Gasteiger partial charge in [0.05, 0.1) is 18.8 Å². The molecule has 0 bridgehead atoms. The van der Waals surface area contributed by atoms with Gasteiger partial charge < -0.3 is 19.7 Å². The molecule has 0 spiro atoms. The van der Waals surface area contributed by atoms with Crippen LogP contribution >= 0.6 is 0 Å². The number of carbonyl (C=O) groups excluding carboxylic acids is 1. The number of aromatic nitrogens is 4. The van der Waals surface area contributed by atoms with E-state index >= 15 is 0 Å². The molecule has 0 saturated carbocycles. The van der Waals surface area contributed by atoms with Crippen molar-refractivity contribution in [2.75, 3.05) is 19.0 Å². The maximum absolute atomic E-state index is 13.7. The second-order valence-electron chi connectivity index (χ2n) is 11.2. The van der Waals surface area contributed by atoms with E-state index in [1.54, 1.807) is 4.68 Å². The number of nitrogens with one attached hydrogen (secondary N) is 2. The Hall–Kier alpha value is -4.02. The monoisotopic (exact) mass is 558 g/mol. The summed E-state index contributed by atoms with van der Waals surface area (Å²) in [5.41, 5.74) is 6.09. The summed E-state index contributed by atoms with van der Waals surface area (Å²) in [5, 5.41) is 25.1. The minimum atomic E-state index is -0.834. The van der Waals surface area contributed by atoms with Crippen molar-refractivity contribution in [1.82, 2.24) is 24.9 Å². The molecule has 2 aromatic carbocycles. The molecule has 1 unspecified atom stereocenters. The lowest BCUT2D eigenvalue weighted by atomic mass is 10.0. The smallest absolute Gasteiger partial charge is 0.303 e. The number of hydrogen-bond acceptors (Lipinski definition) is 6. The Morgan fingerprint density at radius 2 is 1.93 bits per heavy atom. The van der Waals surface area contributed by atoms with Crippen molar-refractivity contribution >= 4 is 28.5 Å². The van der Waals surface area contributed by atoms with Crippen LogP contribution in [-0.2, 0) is 33.0 Å². The topological polar surface area (TPSA) is 127 Å². The molecular formula is C31H38N6O4. The van der Waals surface area contributed by atoms with Gasteiger partial charge in [-0.1, -0.05) is 43.3 Å². The van der Waals surface area contributed by atoms with Crippen LogP contribution in [0.25, 0.3) is 10.9 Å². The van der Waals surface area contributed by atoms with Crippen LogP contribution in [-0.4, -0.2) is 50.2 Å². The van der Waals surface area contributed by atoms with E-state index in [-0.39, 0.29) is 18.2 Å². The summed E-state index contributed by atoms with van der Waals surface area (Å²) in [7, 11) is 1.88. The Balaban J connectivity index is 1.41. The third kappa shape index (κ3) is 6.03. The highest BCUT2D eigenvalue weighted by molar-refractivity contribution is 5.96. The summed E-state index contributed by atoms with van der Waals surface area (Å²) in [4.78, 5) is 24.8. The van der Waals surface area contributed by atoms with Gasteiger partial charge in [-0.05, 0) is 68.5 Å². The number of fused-ring (bicyclic) bond motifs is 1. The molecule has 1 fully saturated rings. The molecule has 2 atom stereocenters. The van der Waals surface area contributed by atoms with Crippen LogP contribution in [0.1, 0.15) is 73.5 Å². The lowest BCUT2D eigenvalue weighted by Crippen LogP contribution is -2.26. The van der Waals surface area contributed by atoms with Gasteiger partial charge in [0.1, 0.15) is 6.04 Å². The number of rotatable bonds is 12. The Morgan fingerprint density at radius 3 is 2.59 bits per heavy atom. The lowest BCUT2D eigenvalue weighted by molar-refractivity contribution is -0.137. The molecule has 0 radical (unpaired) electrons. The third-order valence-electron chi connectivity index (χ3n) is 7.89. The van der Waals surface area contributed by atoms with Crippen molar-refractivity contribution in [3.8, 4) is 0 Å². The molecule has 3 heterocycles. The van der Waals surface area contributed by atoms with Gasteiger partial charge >= 0.3 is 5.97 Å². The minimum Gasteiger partial charge on any atom is -0.481 e. The zero-order chi connectivity index (χ0) is 29.3. The molecule has 10 heteroatoms. The zero-order valence-corrected chi connectivity index (χ0v) is 24.3. The van der Waals surface area contributed by atoms with Crippen LogP contribution in [0.3, 0.4) is 0 Å². The molecule has 0 aliphatic carbocycles. The summed E-state index contributed by atoms with van der Waals surface area (Å²) in [6, 6.07) is 11.7. The van der Waals surface area contributed by atoms with Crippen LogP contribution in [0.5, 0.6) is 0 Å². The molecule has 216 valence electrons. The Bertz CT molecular complexity index is 1580. The second kappa shape index (κ2) is 11.5. The van der Waals surface area contributed by atoms with Crippen molar-refractivity contribution in [1.29, 1.82) is 0 Å². The van der Waals surface area contributed by atoms with Crippen molar-refractivity contribution in [2.45, 2.75) is 71.2 Å². The molecule has 1 amide bonds. The summed E-state index contributed by atoms with van der Waals surface area (Å²) >= 11 is 0. The van der Waals surface area contributed by atoms with Crippen LogP contribution < -0.4 is 10.6 Å². The first-order valence-corrected chi connectivity index (χ1v) is 14.1. The predicted octanol–water partition coefficient (Wildman–Crippen LogP) is 4.72. The second-order valence-corrected chi connectivity index (χ2v) is 11.2. The number of amides is 1. The summed E-state index contributed by atoms with van der Waals surface area (Å²) in [6.45, 7) is 9.20. The van der Waals surface area contributed by atoms with E-state index in [4.69, 9.17) is 9.84 Å². The number of nitrogens with zero attached hydrogens (tertiary/aromatic N) is 4. The van der Waals surface area contributed by atoms with Gasteiger partial charge in [-0.15, -0.1) is 5.10 Å². The number of anilines is 1. The van der Waals surface area contributed by atoms with Gasteiger partial charge in [0.25, 0.3) is 0 Å². The van der Waals surface area contributed by atoms with E-state index in [0.717, 1.165) is 38.9 Å². The van der Waals surface area contributed by atoms with Crippen LogP contribution in [0.15, 0.2) is 48.8 Å². The molecule has 1 aliphatic heterocycles.